The van der Waals surface area contributed by atoms with Gasteiger partial charge in [-0.25, -0.2) is 19.6 Å². The van der Waals surface area contributed by atoms with Gasteiger partial charge in [0.05, 0.1) is 19.1 Å². The molecular formula is C20H22N4O6S. The third kappa shape index (κ3) is 4.66. The van der Waals surface area contributed by atoms with Gasteiger partial charge in [-0.05, 0) is 31.0 Å². The van der Waals surface area contributed by atoms with Crippen LogP contribution in [0, 0.1) is 0 Å². The van der Waals surface area contributed by atoms with Crippen LogP contribution in [-0.2, 0) is 19.1 Å². The number of amides is 2. The van der Waals surface area contributed by atoms with Gasteiger partial charge in [0.15, 0.2) is 17.0 Å². The number of esters is 1. The van der Waals surface area contributed by atoms with Crippen molar-refractivity contribution in [1.29, 1.82) is 0 Å². The van der Waals surface area contributed by atoms with E-state index in [9.17, 15) is 14.4 Å². The lowest BCUT2D eigenvalue weighted by atomic mass is 10.0. The molecule has 0 saturated carbocycles. The number of carbonyl (C=O) groups excluding carboxylic acids is 3. The molecule has 0 N–H and O–H groups in total. The molecule has 0 aromatic carbocycles. The first-order chi connectivity index (χ1) is 15.1. The van der Waals surface area contributed by atoms with Crippen LogP contribution in [0.2, 0.25) is 0 Å². The Bertz CT molecular complexity index is 945. The molecule has 2 saturated heterocycles. The number of hydrogen-bond donors (Lipinski definition) is 0. The Labute approximate surface area is 182 Å². The van der Waals surface area contributed by atoms with Crippen molar-refractivity contribution in [2.45, 2.75) is 30.1 Å². The molecule has 2 aliphatic rings. The molecule has 2 aliphatic heterocycles. The molecule has 164 valence electrons. The lowest BCUT2D eigenvalue weighted by Crippen LogP contribution is -2.52. The highest BCUT2D eigenvalue weighted by atomic mass is 32.2. The fourth-order valence-electron chi connectivity index (χ4n) is 3.74. The average Bonchev–Trinajstić information content (AvgIpc) is 3.47. The molecule has 4 rings (SSSR count). The molecule has 10 nitrogen and oxygen atoms in total. The topological polar surface area (TPSA) is 115 Å². The normalized spacial score (nSPS) is 19.4. The van der Waals surface area contributed by atoms with E-state index < -0.39 is 18.1 Å². The van der Waals surface area contributed by atoms with E-state index >= 15 is 0 Å². The fourth-order valence-corrected chi connectivity index (χ4v) is 4.47. The van der Waals surface area contributed by atoms with E-state index in [1.165, 1.54) is 23.8 Å². The van der Waals surface area contributed by atoms with Crippen LogP contribution in [0.1, 0.15) is 12.8 Å². The van der Waals surface area contributed by atoms with Crippen molar-refractivity contribution in [3.63, 3.8) is 0 Å². The standard InChI is InChI=1S/C20H22N4O6S/c1-28-18(26)15-11-30-20(27)24(15)13-5-8-23(9-6-13)17(25)12-31-19-21-7-4-14(22-19)16-3-2-10-29-16/h2-4,7,10,13,15H,5-6,8-9,11-12H2,1H3/t15-/m1/s1. The molecule has 1 atom stereocenters. The minimum atomic E-state index is -0.723. The molecule has 31 heavy (non-hydrogen) atoms. The largest absolute Gasteiger partial charge is 0.467 e. The average molecular weight is 446 g/mol. The number of furan rings is 1. The molecule has 2 fully saturated rings. The molecule has 0 unspecified atom stereocenters. The van der Waals surface area contributed by atoms with Crippen LogP contribution in [0.15, 0.2) is 40.2 Å². The molecule has 4 heterocycles. The summed E-state index contributed by atoms with van der Waals surface area (Å²) in [6, 6.07) is 4.46. The molecule has 0 spiro atoms. The van der Waals surface area contributed by atoms with Crippen molar-refractivity contribution < 1.29 is 28.3 Å². The van der Waals surface area contributed by atoms with E-state index in [-0.39, 0.29) is 24.3 Å². The summed E-state index contributed by atoms with van der Waals surface area (Å²) < 4.78 is 15.1. The highest BCUT2D eigenvalue weighted by Crippen LogP contribution is 2.26. The first-order valence-electron chi connectivity index (χ1n) is 9.87. The van der Waals surface area contributed by atoms with Crippen molar-refractivity contribution in [1.82, 2.24) is 19.8 Å². The van der Waals surface area contributed by atoms with Gasteiger partial charge in [-0.3, -0.25) is 9.69 Å². The number of rotatable bonds is 6. The van der Waals surface area contributed by atoms with Gasteiger partial charge < -0.3 is 18.8 Å². The maximum absolute atomic E-state index is 12.6. The van der Waals surface area contributed by atoms with Crippen LogP contribution in [-0.4, -0.2) is 82.4 Å². The Morgan fingerprint density at radius 2 is 2.10 bits per heavy atom. The number of ether oxygens (including phenoxy) is 2. The summed E-state index contributed by atoms with van der Waals surface area (Å²) in [7, 11) is 1.29. The van der Waals surface area contributed by atoms with E-state index in [1.54, 1.807) is 29.5 Å². The summed E-state index contributed by atoms with van der Waals surface area (Å²) in [5.74, 6) is 0.341. The van der Waals surface area contributed by atoms with Crippen molar-refractivity contribution >= 4 is 29.7 Å². The van der Waals surface area contributed by atoms with Crippen molar-refractivity contribution in [2.75, 3.05) is 32.6 Å². The SMILES string of the molecule is COC(=O)[C@H]1COC(=O)N1C1CCN(C(=O)CSc2nccc(-c3ccco3)n2)CC1. The predicted molar refractivity (Wildman–Crippen MR) is 109 cm³/mol. The molecule has 0 aliphatic carbocycles. The van der Waals surface area contributed by atoms with Gasteiger partial charge in [0.2, 0.25) is 5.91 Å². The van der Waals surface area contributed by atoms with Gasteiger partial charge in [0, 0.05) is 25.3 Å². The van der Waals surface area contributed by atoms with E-state index in [2.05, 4.69) is 9.97 Å². The Balaban J connectivity index is 1.29. The predicted octanol–water partition coefficient (Wildman–Crippen LogP) is 1.81. The molecule has 11 heteroatoms. The molecule has 2 aromatic heterocycles. The van der Waals surface area contributed by atoms with Gasteiger partial charge in [0.1, 0.15) is 12.3 Å². The number of piperidine rings is 1. The lowest BCUT2D eigenvalue weighted by molar-refractivity contribution is -0.146. The van der Waals surface area contributed by atoms with Gasteiger partial charge in [-0.1, -0.05) is 11.8 Å². The quantitative estimate of drug-likeness (QED) is 0.372. The molecule has 0 radical (unpaired) electrons. The lowest BCUT2D eigenvalue weighted by Gasteiger charge is -2.37. The first-order valence-corrected chi connectivity index (χ1v) is 10.9. The van der Waals surface area contributed by atoms with Crippen molar-refractivity contribution in [3.05, 3.63) is 30.7 Å². The summed E-state index contributed by atoms with van der Waals surface area (Å²) in [6.07, 6.45) is 3.85. The summed E-state index contributed by atoms with van der Waals surface area (Å²) in [4.78, 5) is 48.5. The van der Waals surface area contributed by atoms with Crippen LogP contribution in [0.4, 0.5) is 4.79 Å². The molecule has 0 bridgehead atoms. The van der Waals surface area contributed by atoms with Gasteiger partial charge in [-0.2, -0.15) is 0 Å². The minimum absolute atomic E-state index is 0.00163. The smallest absolute Gasteiger partial charge is 0.410 e. The van der Waals surface area contributed by atoms with Crippen LogP contribution in [0.25, 0.3) is 11.5 Å². The highest BCUT2D eigenvalue weighted by molar-refractivity contribution is 7.99. The van der Waals surface area contributed by atoms with Crippen molar-refractivity contribution in [2.24, 2.45) is 0 Å². The number of carbonyl (C=O) groups is 3. The number of methoxy groups -OCH3 is 1. The van der Waals surface area contributed by atoms with E-state index in [0.717, 1.165) is 0 Å². The third-order valence-electron chi connectivity index (χ3n) is 5.33. The second-order valence-corrected chi connectivity index (χ2v) is 8.07. The zero-order valence-corrected chi connectivity index (χ0v) is 17.7. The zero-order valence-electron chi connectivity index (χ0n) is 16.9. The van der Waals surface area contributed by atoms with Crippen molar-refractivity contribution in [3.8, 4) is 11.5 Å². The fraction of sp³-hybridized carbons (Fsp3) is 0.450. The van der Waals surface area contributed by atoms with Crippen LogP contribution < -0.4 is 0 Å². The Hall–Kier alpha value is -3.08. The Morgan fingerprint density at radius 1 is 1.29 bits per heavy atom. The second-order valence-electron chi connectivity index (χ2n) is 7.13. The number of likely N-dealkylation sites (tertiary alicyclic amines) is 1. The Kier molecular flexibility index (Phi) is 6.40. The van der Waals surface area contributed by atoms with Crippen LogP contribution >= 0.6 is 11.8 Å². The highest BCUT2D eigenvalue weighted by Gasteiger charge is 2.44. The van der Waals surface area contributed by atoms with Crippen LogP contribution in [0.5, 0.6) is 0 Å². The Morgan fingerprint density at radius 3 is 2.81 bits per heavy atom. The summed E-state index contributed by atoms with van der Waals surface area (Å²) in [5.41, 5.74) is 0.661. The van der Waals surface area contributed by atoms with Gasteiger partial charge in [0.25, 0.3) is 0 Å². The van der Waals surface area contributed by atoms with Gasteiger partial charge >= 0.3 is 12.1 Å². The second kappa shape index (κ2) is 9.38. The monoisotopic (exact) mass is 446 g/mol. The maximum atomic E-state index is 12.6. The number of nitrogens with zero attached hydrogens (tertiary/aromatic N) is 4. The van der Waals surface area contributed by atoms with Gasteiger partial charge in [-0.15, -0.1) is 0 Å². The van der Waals surface area contributed by atoms with E-state index in [4.69, 9.17) is 13.9 Å². The number of hydrogen-bond acceptors (Lipinski definition) is 9. The van der Waals surface area contributed by atoms with Crippen LogP contribution in [0.3, 0.4) is 0 Å². The minimum Gasteiger partial charge on any atom is -0.467 e. The van der Waals surface area contributed by atoms with E-state index in [1.807, 2.05) is 6.07 Å². The first kappa shape index (κ1) is 21.2. The molecule has 2 aromatic rings. The molecule has 2 amide bonds. The maximum Gasteiger partial charge on any atom is 0.410 e. The summed E-state index contributed by atoms with van der Waals surface area (Å²) in [6.45, 7) is 0.989. The molecular weight excluding hydrogens is 424 g/mol. The van der Waals surface area contributed by atoms with E-state index in [0.29, 0.717) is 42.5 Å². The number of thioether (sulfide) groups is 1. The zero-order chi connectivity index (χ0) is 21.8. The third-order valence-corrected chi connectivity index (χ3v) is 6.17. The number of cyclic esters (lactones) is 1. The summed E-state index contributed by atoms with van der Waals surface area (Å²) >= 11 is 1.27. The number of aromatic nitrogens is 2. The summed E-state index contributed by atoms with van der Waals surface area (Å²) in [5, 5.41) is 0.498.